The molecule has 2 unspecified atom stereocenters. The number of hydrogen-bond donors (Lipinski definition) is 1. The van der Waals surface area contributed by atoms with Gasteiger partial charge in [0.2, 0.25) is 0 Å². The number of benzene rings is 1. The standard InChI is InChI=1S/C26H28F9N7/c1-3-20(42-7-5-4-6-8-42)21-19(12-18(14-37-21)26(33,34)35)23(36,22-38-40-41(2)39-22)13-15-9-16(24(27,28)29)11-17(10-15)25(30,31)32/h9-12,14,20H,3-8,13,36H2,1-2H3. The summed E-state index contributed by atoms with van der Waals surface area (Å²) in [7, 11) is 1.33. The van der Waals surface area contributed by atoms with E-state index in [0.717, 1.165) is 30.1 Å². The topological polar surface area (TPSA) is 85.8 Å². The molecule has 7 nitrogen and oxygen atoms in total. The van der Waals surface area contributed by atoms with Crippen molar-refractivity contribution < 1.29 is 39.5 Å². The maximum absolute atomic E-state index is 13.9. The first-order chi connectivity index (χ1) is 19.4. The van der Waals surface area contributed by atoms with E-state index in [-0.39, 0.29) is 17.3 Å². The summed E-state index contributed by atoms with van der Waals surface area (Å²) in [5.41, 5.74) is -0.579. The number of rotatable bonds is 7. The lowest BCUT2D eigenvalue weighted by Crippen LogP contribution is -2.44. The molecule has 0 radical (unpaired) electrons. The van der Waals surface area contributed by atoms with Crippen molar-refractivity contribution in [3.8, 4) is 0 Å². The quantitative estimate of drug-likeness (QED) is 0.329. The normalized spacial score (nSPS) is 17.7. The van der Waals surface area contributed by atoms with Crippen LogP contribution in [0.4, 0.5) is 39.5 Å². The third kappa shape index (κ3) is 6.69. The monoisotopic (exact) mass is 609 g/mol. The largest absolute Gasteiger partial charge is 0.417 e. The number of aromatic nitrogens is 5. The summed E-state index contributed by atoms with van der Waals surface area (Å²) >= 11 is 0. The molecule has 1 saturated heterocycles. The zero-order chi connectivity index (χ0) is 31.1. The van der Waals surface area contributed by atoms with Crippen LogP contribution < -0.4 is 5.73 Å². The van der Waals surface area contributed by atoms with Crippen molar-refractivity contribution in [2.45, 2.75) is 69.1 Å². The molecule has 3 heterocycles. The first-order valence-corrected chi connectivity index (χ1v) is 13.1. The van der Waals surface area contributed by atoms with Gasteiger partial charge in [0.25, 0.3) is 0 Å². The predicted molar refractivity (Wildman–Crippen MR) is 132 cm³/mol. The number of tetrazole rings is 1. The Labute approximate surface area is 234 Å². The van der Waals surface area contributed by atoms with E-state index >= 15 is 0 Å². The molecule has 1 aliphatic rings. The first kappa shape index (κ1) is 31.7. The molecule has 42 heavy (non-hydrogen) atoms. The lowest BCUT2D eigenvalue weighted by atomic mass is 9.80. The van der Waals surface area contributed by atoms with Crippen LogP contribution in [0.3, 0.4) is 0 Å². The zero-order valence-corrected chi connectivity index (χ0v) is 22.6. The fraction of sp³-hybridized carbons (Fsp3) is 0.538. The van der Waals surface area contributed by atoms with Crippen LogP contribution >= 0.6 is 0 Å². The van der Waals surface area contributed by atoms with Crippen LogP contribution in [-0.2, 0) is 37.5 Å². The van der Waals surface area contributed by atoms with E-state index in [2.05, 4.69) is 20.4 Å². The van der Waals surface area contributed by atoms with Gasteiger partial charge < -0.3 is 5.73 Å². The highest BCUT2D eigenvalue weighted by Gasteiger charge is 2.44. The van der Waals surface area contributed by atoms with E-state index in [0.29, 0.717) is 37.8 Å². The van der Waals surface area contributed by atoms with E-state index in [4.69, 9.17) is 5.73 Å². The fourth-order valence-corrected chi connectivity index (χ4v) is 5.31. The van der Waals surface area contributed by atoms with E-state index in [1.165, 1.54) is 7.05 Å². The maximum Gasteiger partial charge on any atom is 0.417 e. The maximum atomic E-state index is 13.9. The summed E-state index contributed by atoms with van der Waals surface area (Å²) in [6.45, 7) is 3.03. The Morgan fingerprint density at radius 3 is 1.88 bits per heavy atom. The van der Waals surface area contributed by atoms with E-state index < -0.39 is 64.6 Å². The fourth-order valence-electron chi connectivity index (χ4n) is 5.31. The van der Waals surface area contributed by atoms with Crippen LogP contribution in [0.15, 0.2) is 30.5 Å². The average molecular weight is 610 g/mol. The van der Waals surface area contributed by atoms with Gasteiger partial charge in [-0.1, -0.05) is 13.3 Å². The van der Waals surface area contributed by atoms with Gasteiger partial charge in [-0.25, -0.2) is 0 Å². The van der Waals surface area contributed by atoms with Crippen LogP contribution in [-0.4, -0.2) is 43.2 Å². The van der Waals surface area contributed by atoms with Gasteiger partial charge in [0.1, 0.15) is 5.54 Å². The third-order valence-electron chi connectivity index (χ3n) is 7.30. The summed E-state index contributed by atoms with van der Waals surface area (Å²) in [5, 5.41) is 11.6. The molecular weight excluding hydrogens is 581 g/mol. The Bertz CT molecular complexity index is 1360. The van der Waals surface area contributed by atoms with Gasteiger partial charge in [0.15, 0.2) is 5.82 Å². The summed E-state index contributed by atoms with van der Waals surface area (Å²) in [6.07, 6.45) is -12.4. The second-order valence-corrected chi connectivity index (χ2v) is 10.3. The lowest BCUT2D eigenvalue weighted by molar-refractivity contribution is -0.143. The highest BCUT2D eigenvalue weighted by Crippen LogP contribution is 2.42. The van der Waals surface area contributed by atoms with Gasteiger partial charge in [-0.15, -0.1) is 10.2 Å². The molecule has 2 atom stereocenters. The van der Waals surface area contributed by atoms with Crippen LogP contribution in [0.2, 0.25) is 0 Å². The molecule has 0 spiro atoms. The minimum absolute atomic E-state index is 0.0387. The first-order valence-electron chi connectivity index (χ1n) is 13.1. The van der Waals surface area contributed by atoms with Crippen LogP contribution in [0.1, 0.15) is 78.0 Å². The highest BCUT2D eigenvalue weighted by molar-refractivity contribution is 5.43. The molecule has 1 aromatic carbocycles. The second-order valence-electron chi connectivity index (χ2n) is 10.3. The molecule has 1 aliphatic heterocycles. The number of nitrogens with two attached hydrogens (primary N) is 1. The second kappa shape index (κ2) is 11.4. The number of aryl methyl sites for hydroxylation is 1. The number of nitrogens with zero attached hydrogens (tertiary/aromatic N) is 6. The number of alkyl halides is 9. The molecule has 1 fully saturated rings. The van der Waals surface area contributed by atoms with Crippen molar-refractivity contribution in [3.05, 3.63) is 69.8 Å². The molecule has 2 aromatic heterocycles. The van der Waals surface area contributed by atoms with Crippen LogP contribution in [0.25, 0.3) is 0 Å². The summed E-state index contributed by atoms with van der Waals surface area (Å²) < 4.78 is 124. The summed E-state index contributed by atoms with van der Waals surface area (Å²) in [4.78, 5) is 7.13. The molecular formula is C26H28F9N7. The van der Waals surface area contributed by atoms with Gasteiger partial charge in [0.05, 0.1) is 35.5 Å². The van der Waals surface area contributed by atoms with Gasteiger partial charge in [-0.3, -0.25) is 9.88 Å². The van der Waals surface area contributed by atoms with Crippen molar-refractivity contribution in [3.63, 3.8) is 0 Å². The van der Waals surface area contributed by atoms with Gasteiger partial charge in [-0.05, 0) is 67.4 Å². The summed E-state index contributed by atoms with van der Waals surface area (Å²) in [5.74, 6) is -0.396. The Morgan fingerprint density at radius 2 is 1.40 bits per heavy atom. The minimum atomic E-state index is -5.15. The SMILES string of the molecule is CCC(c1ncc(C(F)(F)F)cc1C(N)(Cc1cc(C(F)(F)F)cc(C(F)(F)F)c1)c1nnn(C)n1)N1CCCCC1. The van der Waals surface area contributed by atoms with E-state index in [1.54, 1.807) is 6.92 Å². The van der Waals surface area contributed by atoms with Gasteiger partial charge in [0, 0.05) is 18.2 Å². The Morgan fingerprint density at radius 1 is 0.833 bits per heavy atom. The third-order valence-corrected chi connectivity index (χ3v) is 7.30. The van der Waals surface area contributed by atoms with E-state index in [1.807, 2.05) is 4.90 Å². The summed E-state index contributed by atoms with van der Waals surface area (Å²) in [6, 6.07) is 1.10. The lowest BCUT2D eigenvalue weighted by Gasteiger charge is -2.37. The molecule has 16 heteroatoms. The molecule has 3 aromatic rings. The molecule has 230 valence electrons. The van der Waals surface area contributed by atoms with Crippen molar-refractivity contribution in [2.24, 2.45) is 12.8 Å². The van der Waals surface area contributed by atoms with E-state index in [9.17, 15) is 39.5 Å². The number of hydrogen-bond acceptors (Lipinski definition) is 6. The zero-order valence-electron chi connectivity index (χ0n) is 22.6. The van der Waals surface area contributed by atoms with Crippen molar-refractivity contribution in [1.29, 1.82) is 0 Å². The molecule has 0 saturated carbocycles. The van der Waals surface area contributed by atoms with Gasteiger partial charge >= 0.3 is 18.5 Å². The van der Waals surface area contributed by atoms with Crippen LogP contribution in [0.5, 0.6) is 0 Å². The molecule has 4 rings (SSSR count). The Kier molecular flexibility index (Phi) is 8.62. The molecule has 0 aliphatic carbocycles. The Hall–Kier alpha value is -3.27. The number of pyridine rings is 1. The van der Waals surface area contributed by atoms with Crippen molar-refractivity contribution in [1.82, 2.24) is 30.1 Å². The Balaban J connectivity index is 1.99. The smallest absolute Gasteiger partial charge is 0.315 e. The molecule has 0 bridgehead atoms. The van der Waals surface area contributed by atoms with Crippen molar-refractivity contribution >= 4 is 0 Å². The minimum Gasteiger partial charge on any atom is -0.315 e. The van der Waals surface area contributed by atoms with Gasteiger partial charge in [-0.2, -0.15) is 44.3 Å². The molecule has 0 amide bonds. The van der Waals surface area contributed by atoms with Crippen molar-refractivity contribution in [2.75, 3.05) is 13.1 Å². The highest BCUT2D eigenvalue weighted by atomic mass is 19.4. The van der Waals surface area contributed by atoms with Crippen LogP contribution in [0, 0.1) is 0 Å². The predicted octanol–water partition coefficient (Wildman–Crippen LogP) is 6.04. The average Bonchev–Trinajstić information content (AvgIpc) is 3.35. The number of halogens is 9. The molecule has 2 N–H and O–H groups in total. The number of likely N-dealkylation sites (tertiary alicyclic amines) is 1. The number of piperidine rings is 1.